The molecule has 1 heterocycles. The lowest BCUT2D eigenvalue weighted by molar-refractivity contribution is 0.0954. The van der Waals surface area contributed by atoms with Gasteiger partial charge in [-0.25, -0.2) is 9.37 Å². The van der Waals surface area contributed by atoms with Crippen LogP contribution in [0.3, 0.4) is 0 Å². The van der Waals surface area contributed by atoms with Crippen molar-refractivity contribution in [3.63, 3.8) is 0 Å². The first-order valence-electron chi connectivity index (χ1n) is 10.5. The summed E-state index contributed by atoms with van der Waals surface area (Å²) in [5, 5.41) is 11.0. The molecule has 1 aromatic heterocycles. The maximum Gasteiger partial charge on any atom is 0.251 e. The van der Waals surface area contributed by atoms with Gasteiger partial charge in [-0.15, -0.1) is 0 Å². The van der Waals surface area contributed by atoms with Crippen LogP contribution in [0.25, 0.3) is 22.2 Å². The van der Waals surface area contributed by atoms with Gasteiger partial charge in [0.05, 0.1) is 17.8 Å². The summed E-state index contributed by atoms with van der Waals surface area (Å²) in [5.41, 5.74) is 9.32. The van der Waals surface area contributed by atoms with Crippen molar-refractivity contribution >= 4 is 23.0 Å². The zero-order valence-corrected chi connectivity index (χ0v) is 18.7. The van der Waals surface area contributed by atoms with E-state index in [2.05, 4.69) is 10.3 Å². The minimum absolute atomic E-state index is 0.258. The summed E-state index contributed by atoms with van der Waals surface area (Å²) in [4.78, 5) is 17.4. The second-order valence-electron chi connectivity index (χ2n) is 7.44. The Morgan fingerprint density at radius 3 is 2.61 bits per heavy atom. The normalized spacial score (nSPS) is 11.7. The molecule has 2 aromatic carbocycles. The quantitative estimate of drug-likeness (QED) is 0.319. The van der Waals surface area contributed by atoms with Crippen LogP contribution < -0.4 is 15.8 Å². The average molecular weight is 451 g/mol. The van der Waals surface area contributed by atoms with E-state index in [-0.39, 0.29) is 11.7 Å². The highest BCUT2D eigenvalue weighted by Gasteiger charge is 2.13. The van der Waals surface area contributed by atoms with E-state index in [0.717, 1.165) is 10.9 Å². The summed E-state index contributed by atoms with van der Waals surface area (Å²) in [5.74, 6) is 0.00942. The average Bonchev–Trinajstić information content (AvgIpc) is 2.81. The summed E-state index contributed by atoms with van der Waals surface area (Å²) >= 11 is 0. The van der Waals surface area contributed by atoms with Crippen LogP contribution in [0.15, 0.2) is 59.8 Å². The third kappa shape index (κ3) is 6.14. The number of carbonyl (C=O) groups is 1. The number of pyridine rings is 1. The van der Waals surface area contributed by atoms with Gasteiger partial charge in [0.25, 0.3) is 5.91 Å². The van der Waals surface area contributed by atoms with Crippen molar-refractivity contribution in [3.05, 3.63) is 71.2 Å². The van der Waals surface area contributed by atoms with Crippen LogP contribution in [0.1, 0.15) is 23.7 Å². The van der Waals surface area contributed by atoms with Crippen LogP contribution in [-0.4, -0.2) is 44.0 Å². The van der Waals surface area contributed by atoms with Crippen molar-refractivity contribution in [2.45, 2.75) is 13.3 Å². The molecule has 0 aliphatic carbocycles. The molecule has 0 bridgehead atoms. The molecule has 0 atom stereocenters. The van der Waals surface area contributed by atoms with E-state index < -0.39 is 0 Å². The Kier molecular flexibility index (Phi) is 8.10. The Balaban J connectivity index is 1.90. The number of halogens is 1. The lowest BCUT2D eigenvalue weighted by atomic mass is 10.1. The van der Waals surface area contributed by atoms with E-state index in [1.54, 1.807) is 50.4 Å². The van der Waals surface area contributed by atoms with Gasteiger partial charge in [0.1, 0.15) is 18.2 Å². The Morgan fingerprint density at radius 2 is 1.94 bits per heavy atom. The fraction of sp³-hybridized carbons (Fsp3) is 0.240. The lowest BCUT2D eigenvalue weighted by Crippen LogP contribution is -2.25. The van der Waals surface area contributed by atoms with Gasteiger partial charge >= 0.3 is 0 Å². The number of nitrogens with two attached hydrogens (primary N) is 1. The van der Waals surface area contributed by atoms with Crippen LogP contribution in [0.5, 0.6) is 5.75 Å². The van der Waals surface area contributed by atoms with Crippen molar-refractivity contribution in [1.82, 2.24) is 10.3 Å². The molecule has 0 radical (unpaired) electrons. The summed E-state index contributed by atoms with van der Waals surface area (Å²) < 4.78 is 24.3. The minimum atomic E-state index is -0.332. The first-order valence-corrected chi connectivity index (χ1v) is 10.5. The second-order valence-corrected chi connectivity index (χ2v) is 7.44. The number of amides is 1. The van der Waals surface area contributed by atoms with Gasteiger partial charge in [-0.1, -0.05) is 0 Å². The van der Waals surface area contributed by atoms with Crippen molar-refractivity contribution in [1.29, 1.82) is 5.41 Å². The molecule has 33 heavy (non-hydrogen) atoms. The zero-order valence-electron chi connectivity index (χ0n) is 18.7. The van der Waals surface area contributed by atoms with E-state index in [1.807, 2.05) is 0 Å². The molecule has 0 aliphatic heterocycles. The molecule has 8 heteroatoms. The van der Waals surface area contributed by atoms with E-state index in [4.69, 9.17) is 20.6 Å². The van der Waals surface area contributed by atoms with E-state index in [1.165, 1.54) is 18.3 Å². The zero-order chi connectivity index (χ0) is 23.8. The van der Waals surface area contributed by atoms with E-state index in [0.29, 0.717) is 60.0 Å². The number of carbonyl (C=O) groups excluding carboxylic acids is 1. The Morgan fingerprint density at radius 1 is 1.18 bits per heavy atom. The summed E-state index contributed by atoms with van der Waals surface area (Å²) in [6.45, 7) is 2.85. The maximum atomic E-state index is 13.4. The Labute approximate surface area is 191 Å². The van der Waals surface area contributed by atoms with Crippen LogP contribution in [0.2, 0.25) is 0 Å². The highest BCUT2D eigenvalue weighted by Crippen LogP contribution is 2.31. The number of benzene rings is 2. The van der Waals surface area contributed by atoms with Gasteiger partial charge in [-0.2, -0.15) is 0 Å². The standard InChI is InChI=1S/C25H27FN4O3/c1-16(28)19(15-27)9-10-29-25(31)18-5-8-21-23(13-18)30-22(14-24(21)33-12-11-32-2)17-3-6-20(26)7-4-17/h3-8,13-15,27H,9-12,28H2,1-2H3,(H,29,31). The maximum absolute atomic E-state index is 13.4. The summed E-state index contributed by atoms with van der Waals surface area (Å²) in [6, 6.07) is 13.0. The Bertz CT molecular complexity index is 1170. The molecule has 0 aliphatic rings. The van der Waals surface area contributed by atoms with Crippen LogP contribution in [-0.2, 0) is 4.74 Å². The number of hydrogen-bond donors (Lipinski definition) is 3. The molecule has 172 valence electrons. The van der Waals surface area contributed by atoms with Crippen molar-refractivity contribution in [2.75, 3.05) is 26.9 Å². The second kappa shape index (κ2) is 11.2. The Hall–Kier alpha value is -3.78. The van der Waals surface area contributed by atoms with Gasteiger partial charge in [-0.3, -0.25) is 4.79 Å². The first-order chi connectivity index (χ1) is 15.9. The summed E-state index contributed by atoms with van der Waals surface area (Å²) in [7, 11) is 1.60. The molecule has 0 saturated carbocycles. The molecule has 3 aromatic rings. The van der Waals surface area contributed by atoms with Gasteiger partial charge < -0.3 is 25.9 Å². The highest BCUT2D eigenvalue weighted by atomic mass is 19.1. The third-order valence-corrected chi connectivity index (χ3v) is 5.08. The highest BCUT2D eigenvalue weighted by molar-refractivity contribution is 5.99. The number of rotatable bonds is 10. The largest absolute Gasteiger partial charge is 0.490 e. The number of fused-ring (bicyclic) bond motifs is 1. The molecular formula is C25H27FN4O3. The van der Waals surface area contributed by atoms with Gasteiger partial charge in [0.15, 0.2) is 0 Å². The topological polar surface area (TPSA) is 110 Å². The predicted octanol–water partition coefficient (Wildman–Crippen LogP) is 4.07. The molecule has 0 spiro atoms. The van der Waals surface area contributed by atoms with E-state index >= 15 is 0 Å². The monoisotopic (exact) mass is 450 g/mol. The third-order valence-electron chi connectivity index (χ3n) is 5.08. The first kappa shape index (κ1) is 23.9. The fourth-order valence-electron chi connectivity index (χ4n) is 3.26. The number of hydrogen-bond acceptors (Lipinski definition) is 6. The molecule has 0 unspecified atom stereocenters. The number of allylic oxidation sites excluding steroid dienone is 1. The predicted molar refractivity (Wildman–Crippen MR) is 127 cm³/mol. The van der Waals surface area contributed by atoms with Gasteiger partial charge in [0.2, 0.25) is 0 Å². The van der Waals surface area contributed by atoms with Crippen LogP contribution in [0.4, 0.5) is 4.39 Å². The van der Waals surface area contributed by atoms with Gasteiger partial charge in [-0.05, 0) is 61.4 Å². The molecule has 4 N–H and O–H groups in total. The van der Waals surface area contributed by atoms with Crippen molar-refractivity contribution in [2.24, 2.45) is 5.73 Å². The van der Waals surface area contributed by atoms with Crippen molar-refractivity contribution in [3.8, 4) is 17.0 Å². The molecule has 0 saturated heterocycles. The lowest BCUT2D eigenvalue weighted by Gasteiger charge is -2.13. The smallest absolute Gasteiger partial charge is 0.251 e. The fourth-order valence-corrected chi connectivity index (χ4v) is 3.26. The SMILES string of the molecule is COCCOc1cc(-c2ccc(F)cc2)nc2cc(C(=O)NCCC(C=N)=C(C)N)ccc12. The van der Waals surface area contributed by atoms with Crippen LogP contribution in [0, 0.1) is 11.2 Å². The molecule has 0 fully saturated rings. The molecule has 1 amide bonds. The van der Waals surface area contributed by atoms with E-state index in [9.17, 15) is 9.18 Å². The molecule has 7 nitrogen and oxygen atoms in total. The van der Waals surface area contributed by atoms with Gasteiger partial charge in [0, 0.05) is 48.1 Å². The minimum Gasteiger partial charge on any atom is -0.490 e. The number of nitrogens with zero attached hydrogens (tertiary/aromatic N) is 1. The van der Waals surface area contributed by atoms with Crippen molar-refractivity contribution < 1.29 is 18.7 Å². The number of methoxy groups -OCH3 is 1. The number of ether oxygens (including phenoxy) is 2. The molecular weight excluding hydrogens is 423 g/mol. The molecule has 3 rings (SSSR count). The number of nitrogens with one attached hydrogen (secondary N) is 2. The number of aromatic nitrogens is 1. The summed E-state index contributed by atoms with van der Waals surface area (Å²) in [6.07, 6.45) is 1.67. The van der Waals surface area contributed by atoms with Crippen LogP contribution >= 0.6 is 0 Å².